The Labute approximate surface area is 150 Å². The van der Waals surface area contributed by atoms with Gasteiger partial charge < -0.3 is 20.3 Å². The first-order valence-electron chi connectivity index (χ1n) is 8.74. The zero-order chi connectivity index (χ0) is 19.8. The van der Waals surface area contributed by atoms with Crippen molar-refractivity contribution in [3.8, 4) is 0 Å². The molecule has 0 aromatic heterocycles. The van der Waals surface area contributed by atoms with E-state index >= 15 is 0 Å². The number of aliphatic hydroxyl groups excluding tert-OH is 1. The second-order valence-corrected chi connectivity index (χ2v) is 7.96. The maximum Gasteiger partial charge on any atom is 0.408 e. The molecule has 0 aliphatic heterocycles. The van der Waals surface area contributed by atoms with E-state index in [-0.39, 0.29) is 24.5 Å². The number of carbonyl (C=O) groups excluding carboxylic acids is 2. The number of ether oxygens (including phenoxy) is 1. The van der Waals surface area contributed by atoms with Crippen LogP contribution < -0.4 is 5.32 Å². The Morgan fingerprint density at radius 1 is 1.12 bits per heavy atom. The van der Waals surface area contributed by atoms with Gasteiger partial charge in [-0.05, 0) is 52.4 Å². The first-order chi connectivity index (χ1) is 11.3. The van der Waals surface area contributed by atoms with Gasteiger partial charge in [0.2, 0.25) is 0 Å². The van der Waals surface area contributed by atoms with Crippen molar-refractivity contribution in [3.63, 3.8) is 0 Å². The third-order valence-electron chi connectivity index (χ3n) is 3.56. The fourth-order valence-electron chi connectivity index (χ4n) is 2.61. The minimum Gasteiger partial charge on any atom is -0.481 e. The molecule has 0 saturated heterocycles. The van der Waals surface area contributed by atoms with Crippen LogP contribution in [-0.4, -0.2) is 45.8 Å². The first kappa shape index (κ1) is 23.4. The molecule has 7 heteroatoms. The van der Waals surface area contributed by atoms with E-state index in [2.05, 4.69) is 5.32 Å². The molecule has 25 heavy (non-hydrogen) atoms. The molecule has 0 aliphatic rings. The van der Waals surface area contributed by atoms with Gasteiger partial charge in [0, 0.05) is 12.8 Å². The fraction of sp³-hybridized carbons (Fsp3) is 0.833. The van der Waals surface area contributed by atoms with Crippen LogP contribution in [0, 0.1) is 11.8 Å². The van der Waals surface area contributed by atoms with Crippen LogP contribution in [0.3, 0.4) is 0 Å². The number of Topliss-reactive ketones (excluding diaryl/α,β-unsaturated/α-hetero) is 1. The summed E-state index contributed by atoms with van der Waals surface area (Å²) in [6, 6.07) is -1.07. The summed E-state index contributed by atoms with van der Waals surface area (Å²) in [5.41, 5.74) is -0.710. The minimum atomic E-state index is -1.07. The van der Waals surface area contributed by atoms with E-state index in [1.807, 2.05) is 13.8 Å². The number of alkyl carbamates (subject to hydrolysis) is 1. The fourth-order valence-corrected chi connectivity index (χ4v) is 2.61. The Kier molecular flexibility index (Phi) is 9.70. The van der Waals surface area contributed by atoms with E-state index in [1.54, 1.807) is 20.8 Å². The standard InChI is InChI=1S/C18H33NO6/c1-11(2)9-13(7-8-15(22)23)10-14(21)16(12(3)20)19-17(24)25-18(4,5)6/h11-13,16,20H,7-10H2,1-6H3,(H,19,24)(H,22,23)/t12-,13-,16+/m1/s1. The number of hydrogen-bond donors (Lipinski definition) is 3. The number of ketones is 1. The van der Waals surface area contributed by atoms with Gasteiger partial charge in [0.15, 0.2) is 5.78 Å². The molecule has 1 amide bonds. The summed E-state index contributed by atoms with van der Waals surface area (Å²) in [5.74, 6) is -1.02. The van der Waals surface area contributed by atoms with Crippen molar-refractivity contribution in [3.05, 3.63) is 0 Å². The highest BCUT2D eigenvalue weighted by Gasteiger charge is 2.29. The second kappa shape index (κ2) is 10.4. The quantitative estimate of drug-likeness (QED) is 0.553. The van der Waals surface area contributed by atoms with Gasteiger partial charge in [-0.15, -0.1) is 0 Å². The van der Waals surface area contributed by atoms with Crippen LogP contribution in [0.15, 0.2) is 0 Å². The number of aliphatic carboxylic acids is 1. The third kappa shape index (κ3) is 11.5. The summed E-state index contributed by atoms with van der Waals surface area (Å²) >= 11 is 0. The van der Waals surface area contributed by atoms with Crippen molar-refractivity contribution in [2.45, 2.75) is 85.0 Å². The minimum absolute atomic E-state index is 0.0104. The summed E-state index contributed by atoms with van der Waals surface area (Å²) in [5, 5.41) is 21.1. The number of rotatable bonds is 10. The lowest BCUT2D eigenvalue weighted by atomic mass is 9.86. The topological polar surface area (TPSA) is 113 Å². The van der Waals surface area contributed by atoms with Crippen molar-refractivity contribution < 1.29 is 29.3 Å². The van der Waals surface area contributed by atoms with Crippen LogP contribution in [0.5, 0.6) is 0 Å². The molecule has 0 saturated carbocycles. The van der Waals surface area contributed by atoms with Crippen LogP contribution in [0.4, 0.5) is 4.79 Å². The van der Waals surface area contributed by atoms with Crippen LogP contribution in [0.1, 0.15) is 67.2 Å². The number of carboxylic acids is 1. The first-order valence-corrected chi connectivity index (χ1v) is 8.74. The van der Waals surface area contributed by atoms with Gasteiger partial charge in [-0.2, -0.15) is 0 Å². The summed E-state index contributed by atoms with van der Waals surface area (Å²) in [6.45, 7) is 10.5. The molecule has 3 N–H and O–H groups in total. The number of carbonyl (C=O) groups is 3. The van der Waals surface area contributed by atoms with E-state index in [1.165, 1.54) is 6.92 Å². The molecule has 3 atom stereocenters. The van der Waals surface area contributed by atoms with E-state index < -0.39 is 29.8 Å². The van der Waals surface area contributed by atoms with Gasteiger partial charge in [-0.3, -0.25) is 9.59 Å². The number of amides is 1. The van der Waals surface area contributed by atoms with E-state index in [0.29, 0.717) is 18.8 Å². The Bertz CT molecular complexity index is 453. The lowest BCUT2D eigenvalue weighted by Crippen LogP contribution is -2.49. The van der Waals surface area contributed by atoms with E-state index in [0.717, 1.165) is 0 Å². The summed E-state index contributed by atoms with van der Waals surface area (Å²) in [7, 11) is 0. The smallest absolute Gasteiger partial charge is 0.408 e. The molecule has 0 aromatic rings. The Morgan fingerprint density at radius 3 is 2.08 bits per heavy atom. The lowest BCUT2D eigenvalue weighted by Gasteiger charge is -2.26. The highest BCUT2D eigenvalue weighted by Crippen LogP contribution is 2.22. The van der Waals surface area contributed by atoms with Crippen molar-refractivity contribution >= 4 is 17.8 Å². The van der Waals surface area contributed by atoms with Crippen LogP contribution >= 0.6 is 0 Å². The van der Waals surface area contributed by atoms with E-state index in [4.69, 9.17) is 9.84 Å². The van der Waals surface area contributed by atoms with Gasteiger partial charge in [0.05, 0.1) is 6.10 Å². The summed E-state index contributed by atoms with van der Waals surface area (Å²) in [4.78, 5) is 35.2. The molecular formula is C18H33NO6. The molecular weight excluding hydrogens is 326 g/mol. The molecule has 0 unspecified atom stereocenters. The van der Waals surface area contributed by atoms with Gasteiger partial charge in [-0.1, -0.05) is 13.8 Å². The van der Waals surface area contributed by atoms with Gasteiger partial charge >= 0.3 is 12.1 Å². The highest BCUT2D eigenvalue weighted by molar-refractivity contribution is 5.88. The van der Waals surface area contributed by atoms with Crippen molar-refractivity contribution in [2.75, 3.05) is 0 Å². The van der Waals surface area contributed by atoms with Gasteiger partial charge in [0.25, 0.3) is 0 Å². The van der Waals surface area contributed by atoms with Gasteiger partial charge in [0.1, 0.15) is 11.6 Å². The maximum atomic E-state index is 12.5. The molecule has 146 valence electrons. The third-order valence-corrected chi connectivity index (χ3v) is 3.56. The maximum absolute atomic E-state index is 12.5. The predicted octanol–water partition coefficient (Wildman–Crippen LogP) is 2.75. The monoisotopic (exact) mass is 359 g/mol. The number of nitrogens with one attached hydrogen (secondary N) is 1. The molecule has 0 aliphatic carbocycles. The number of carboxylic acid groups (broad SMARTS) is 1. The van der Waals surface area contributed by atoms with Crippen LogP contribution in [-0.2, 0) is 14.3 Å². The molecule has 7 nitrogen and oxygen atoms in total. The molecule has 0 aromatic carbocycles. The second-order valence-electron chi connectivity index (χ2n) is 7.96. The molecule has 0 fully saturated rings. The average molecular weight is 359 g/mol. The Balaban J connectivity index is 4.92. The summed E-state index contributed by atoms with van der Waals surface area (Å²) < 4.78 is 5.13. The summed E-state index contributed by atoms with van der Waals surface area (Å²) in [6.07, 6.45) is -0.645. The normalized spacial score (nSPS) is 15.4. The highest BCUT2D eigenvalue weighted by atomic mass is 16.6. The zero-order valence-corrected chi connectivity index (χ0v) is 16.2. The molecule has 0 spiro atoms. The molecule has 0 heterocycles. The van der Waals surface area contributed by atoms with Crippen molar-refractivity contribution in [1.82, 2.24) is 5.32 Å². The van der Waals surface area contributed by atoms with Crippen LogP contribution in [0.25, 0.3) is 0 Å². The van der Waals surface area contributed by atoms with E-state index in [9.17, 15) is 19.5 Å². The van der Waals surface area contributed by atoms with Gasteiger partial charge in [-0.25, -0.2) is 4.79 Å². The van der Waals surface area contributed by atoms with Crippen LogP contribution in [0.2, 0.25) is 0 Å². The predicted molar refractivity (Wildman–Crippen MR) is 94.3 cm³/mol. The molecule has 0 bridgehead atoms. The zero-order valence-electron chi connectivity index (χ0n) is 16.2. The Hall–Kier alpha value is -1.63. The lowest BCUT2D eigenvalue weighted by molar-refractivity contribution is -0.137. The Morgan fingerprint density at radius 2 is 1.68 bits per heavy atom. The SMILES string of the molecule is CC(C)C[C@@H](CCC(=O)O)CC(=O)[C@@H](NC(=O)OC(C)(C)C)[C@@H](C)O. The number of aliphatic hydroxyl groups is 1. The largest absolute Gasteiger partial charge is 0.481 e. The van der Waals surface area contributed by atoms with Crippen molar-refractivity contribution in [1.29, 1.82) is 0 Å². The number of hydrogen-bond acceptors (Lipinski definition) is 5. The molecule has 0 radical (unpaired) electrons. The van der Waals surface area contributed by atoms with Crippen molar-refractivity contribution in [2.24, 2.45) is 11.8 Å². The average Bonchev–Trinajstić information content (AvgIpc) is 2.39. The molecule has 0 rings (SSSR count).